The van der Waals surface area contributed by atoms with E-state index in [1.165, 1.54) is 0 Å². The monoisotopic (exact) mass is 426 g/mol. The Morgan fingerprint density at radius 2 is 1.74 bits per heavy atom. The number of carbonyl (C=O) groups excluding carboxylic acids is 2. The molecule has 0 saturated carbocycles. The topological polar surface area (TPSA) is 67.9 Å². The first-order valence-corrected chi connectivity index (χ1v) is 10.8. The van der Waals surface area contributed by atoms with Crippen molar-refractivity contribution < 1.29 is 19.1 Å². The molecule has 2 rings (SSSR count). The maximum atomic E-state index is 13.3. The van der Waals surface area contributed by atoms with E-state index in [0.717, 1.165) is 16.7 Å². The number of methoxy groups -OCH3 is 2. The fourth-order valence-corrected chi connectivity index (χ4v) is 3.65. The molecule has 6 nitrogen and oxygen atoms in total. The molecule has 0 aliphatic rings. The summed E-state index contributed by atoms with van der Waals surface area (Å²) in [6.45, 7) is 6.78. The second-order valence-electron chi connectivity index (χ2n) is 7.52. The van der Waals surface area contributed by atoms with Crippen molar-refractivity contribution in [1.29, 1.82) is 0 Å². The van der Waals surface area contributed by atoms with Crippen LogP contribution in [0, 0.1) is 6.92 Å². The van der Waals surface area contributed by atoms with Crippen molar-refractivity contribution in [2.75, 3.05) is 20.8 Å². The first-order valence-electron chi connectivity index (χ1n) is 10.8. The van der Waals surface area contributed by atoms with E-state index in [4.69, 9.17) is 9.47 Å². The number of amides is 2. The predicted molar refractivity (Wildman–Crippen MR) is 122 cm³/mol. The first-order chi connectivity index (χ1) is 14.9. The van der Waals surface area contributed by atoms with E-state index in [2.05, 4.69) is 11.4 Å². The van der Waals surface area contributed by atoms with Gasteiger partial charge in [-0.25, -0.2) is 0 Å². The molecule has 1 atom stereocenters. The van der Waals surface area contributed by atoms with Gasteiger partial charge in [-0.05, 0) is 49.9 Å². The molecular formula is C25H34N2O4. The minimum absolute atomic E-state index is 0.0469. The van der Waals surface area contributed by atoms with Crippen LogP contribution in [0.1, 0.15) is 43.4 Å². The van der Waals surface area contributed by atoms with E-state index in [0.29, 0.717) is 43.9 Å². The van der Waals surface area contributed by atoms with Crippen LogP contribution in [0.5, 0.6) is 11.5 Å². The lowest BCUT2D eigenvalue weighted by molar-refractivity contribution is -0.141. The van der Waals surface area contributed by atoms with Gasteiger partial charge in [0.05, 0.1) is 14.2 Å². The molecule has 0 radical (unpaired) electrons. The molecule has 0 saturated heterocycles. The van der Waals surface area contributed by atoms with Crippen molar-refractivity contribution in [1.82, 2.24) is 10.2 Å². The standard InChI is InChI=1S/C25H34N2O4/c1-6-21(25(29)26-7-2)27(17-20-10-8-9-18(3)15-20)24(28)14-12-19-11-13-22(30-4)23(16-19)31-5/h8-11,13,15-16,21H,6-7,12,14,17H2,1-5H3,(H,26,29). The fourth-order valence-electron chi connectivity index (χ4n) is 3.65. The minimum atomic E-state index is -0.502. The molecule has 0 fully saturated rings. The summed E-state index contributed by atoms with van der Waals surface area (Å²) in [6, 6.07) is 13.2. The number of hydrogen-bond acceptors (Lipinski definition) is 4. The molecule has 2 aromatic carbocycles. The summed E-state index contributed by atoms with van der Waals surface area (Å²) in [5.74, 6) is 1.13. The van der Waals surface area contributed by atoms with Gasteiger partial charge in [-0.2, -0.15) is 0 Å². The Bertz CT molecular complexity index is 882. The lowest BCUT2D eigenvalue weighted by atomic mass is 10.0. The molecule has 1 unspecified atom stereocenters. The SMILES string of the molecule is CCNC(=O)C(CC)N(Cc1cccc(C)c1)C(=O)CCc1ccc(OC)c(OC)c1. The molecule has 2 aromatic rings. The van der Waals surface area contributed by atoms with E-state index < -0.39 is 6.04 Å². The smallest absolute Gasteiger partial charge is 0.242 e. The van der Waals surface area contributed by atoms with Crippen LogP contribution in [-0.4, -0.2) is 43.5 Å². The zero-order chi connectivity index (χ0) is 22.8. The highest BCUT2D eigenvalue weighted by Crippen LogP contribution is 2.28. The quantitative estimate of drug-likeness (QED) is 0.592. The average Bonchev–Trinajstić information content (AvgIpc) is 2.77. The fraction of sp³-hybridized carbons (Fsp3) is 0.440. The number of ether oxygens (including phenoxy) is 2. The van der Waals surface area contributed by atoms with Crippen LogP contribution in [0.3, 0.4) is 0 Å². The third-order valence-corrected chi connectivity index (χ3v) is 5.25. The molecule has 0 aliphatic carbocycles. The van der Waals surface area contributed by atoms with E-state index in [9.17, 15) is 9.59 Å². The Morgan fingerprint density at radius 3 is 2.35 bits per heavy atom. The predicted octanol–water partition coefficient (Wildman–Crippen LogP) is 3.89. The van der Waals surface area contributed by atoms with E-state index in [-0.39, 0.29) is 11.8 Å². The Hall–Kier alpha value is -3.02. The van der Waals surface area contributed by atoms with Gasteiger partial charge < -0.3 is 19.7 Å². The third kappa shape index (κ3) is 6.74. The number of nitrogens with one attached hydrogen (secondary N) is 1. The number of aryl methyl sites for hydroxylation is 2. The molecule has 31 heavy (non-hydrogen) atoms. The second-order valence-corrected chi connectivity index (χ2v) is 7.52. The minimum Gasteiger partial charge on any atom is -0.493 e. The highest BCUT2D eigenvalue weighted by atomic mass is 16.5. The van der Waals surface area contributed by atoms with E-state index >= 15 is 0 Å². The summed E-state index contributed by atoms with van der Waals surface area (Å²) in [6.07, 6.45) is 1.41. The molecule has 168 valence electrons. The van der Waals surface area contributed by atoms with Crippen LogP contribution < -0.4 is 14.8 Å². The number of hydrogen-bond donors (Lipinski definition) is 1. The Balaban J connectivity index is 2.21. The lowest BCUT2D eigenvalue weighted by Gasteiger charge is -2.30. The summed E-state index contributed by atoms with van der Waals surface area (Å²) in [5, 5.41) is 2.87. The van der Waals surface area contributed by atoms with Gasteiger partial charge in [-0.15, -0.1) is 0 Å². The highest BCUT2D eigenvalue weighted by Gasteiger charge is 2.28. The van der Waals surface area contributed by atoms with Gasteiger partial charge in [0.1, 0.15) is 6.04 Å². The van der Waals surface area contributed by atoms with Crippen molar-refractivity contribution in [3.63, 3.8) is 0 Å². The number of rotatable bonds is 11. The largest absolute Gasteiger partial charge is 0.493 e. The third-order valence-electron chi connectivity index (χ3n) is 5.25. The Morgan fingerprint density at radius 1 is 1.00 bits per heavy atom. The zero-order valence-corrected chi connectivity index (χ0v) is 19.2. The number of likely N-dealkylation sites (N-methyl/N-ethyl adjacent to an activating group) is 1. The number of nitrogens with zero attached hydrogens (tertiary/aromatic N) is 1. The maximum Gasteiger partial charge on any atom is 0.242 e. The normalized spacial score (nSPS) is 11.5. The van der Waals surface area contributed by atoms with Crippen molar-refractivity contribution in [2.24, 2.45) is 0 Å². The number of benzene rings is 2. The van der Waals surface area contributed by atoms with Crippen LogP contribution in [0.15, 0.2) is 42.5 Å². The molecule has 0 aromatic heterocycles. The van der Waals surface area contributed by atoms with Crippen molar-refractivity contribution in [3.05, 3.63) is 59.2 Å². The zero-order valence-electron chi connectivity index (χ0n) is 19.2. The van der Waals surface area contributed by atoms with Gasteiger partial charge in [-0.3, -0.25) is 9.59 Å². The Labute approximate surface area is 185 Å². The van der Waals surface area contributed by atoms with Gasteiger partial charge in [0, 0.05) is 19.5 Å². The average molecular weight is 427 g/mol. The van der Waals surface area contributed by atoms with Crippen molar-refractivity contribution in [2.45, 2.75) is 52.6 Å². The molecule has 6 heteroatoms. The van der Waals surface area contributed by atoms with Gasteiger partial charge >= 0.3 is 0 Å². The molecule has 0 aliphatic heterocycles. The van der Waals surface area contributed by atoms with Gasteiger partial charge in [0.2, 0.25) is 11.8 Å². The summed E-state index contributed by atoms with van der Waals surface area (Å²) < 4.78 is 10.6. The van der Waals surface area contributed by atoms with Crippen LogP contribution in [0.25, 0.3) is 0 Å². The van der Waals surface area contributed by atoms with Crippen LogP contribution in [0.4, 0.5) is 0 Å². The Kier molecular flexibility index (Phi) is 9.38. The molecule has 2 amide bonds. The lowest BCUT2D eigenvalue weighted by Crippen LogP contribution is -2.49. The highest BCUT2D eigenvalue weighted by molar-refractivity contribution is 5.87. The van der Waals surface area contributed by atoms with Crippen LogP contribution in [-0.2, 0) is 22.6 Å². The molecule has 0 heterocycles. The van der Waals surface area contributed by atoms with Crippen LogP contribution in [0.2, 0.25) is 0 Å². The van der Waals surface area contributed by atoms with Crippen molar-refractivity contribution >= 4 is 11.8 Å². The van der Waals surface area contributed by atoms with E-state index in [1.54, 1.807) is 19.1 Å². The number of carbonyl (C=O) groups is 2. The molecule has 0 spiro atoms. The van der Waals surface area contributed by atoms with Gasteiger partial charge in [-0.1, -0.05) is 42.8 Å². The van der Waals surface area contributed by atoms with Gasteiger partial charge in [0.15, 0.2) is 11.5 Å². The summed E-state index contributed by atoms with van der Waals surface area (Å²) in [5.41, 5.74) is 3.12. The van der Waals surface area contributed by atoms with Gasteiger partial charge in [0.25, 0.3) is 0 Å². The maximum absolute atomic E-state index is 13.3. The molecule has 0 bridgehead atoms. The van der Waals surface area contributed by atoms with Crippen LogP contribution >= 0.6 is 0 Å². The summed E-state index contributed by atoms with van der Waals surface area (Å²) in [4.78, 5) is 27.7. The summed E-state index contributed by atoms with van der Waals surface area (Å²) in [7, 11) is 3.19. The van der Waals surface area contributed by atoms with E-state index in [1.807, 2.05) is 57.2 Å². The second kappa shape index (κ2) is 12.0. The van der Waals surface area contributed by atoms with Crippen molar-refractivity contribution in [3.8, 4) is 11.5 Å². The molecular weight excluding hydrogens is 392 g/mol. The first kappa shape index (κ1) is 24.3. The molecule has 1 N–H and O–H groups in total. The summed E-state index contributed by atoms with van der Waals surface area (Å²) >= 11 is 0.